The van der Waals surface area contributed by atoms with Gasteiger partial charge in [-0.1, -0.05) is 33.6 Å². The maximum absolute atomic E-state index is 11.1. The summed E-state index contributed by atoms with van der Waals surface area (Å²) >= 11 is 0. The van der Waals surface area contributed by atoms with Gasteiger partial charge in [0.2, 0.25) is 0 Å². The Bertz CT molecular complexity index is 383. The van der Waals surface area contributed by atoms with Gasteiger partial charge in [-0.25, -0.2) is 4.98 Å². The number of aryl methyl sites for hydroxylation is 1. The first-order chi connectivity index (χ1) is 8.01. The topological polar surface area (TPSA) is 38.0 Å². The molecule has 1 aromatic heterocycles. The molecular formula is C14H24N2O. The first kappa shape index (κ1) is 12.6. The molecule has 1 atom stereocenters. The van der Waals surface area contributed by atoms with Crippen molar-refractivity contribution in [1.82, 2.24) is 9.55 Å². The zero-order valence-corrected chi connectivity index (χ0v) is 11.2. The molecule has 0 aliphatic heterocycles. The van der Waals surface area contributed by atoms with Crippen LogP contribution in [0.15, 0.2) is 12.4 Å². The molecular weight excluding hydrogens is 212 g/mol. The molecule has 1 aliphatic rings. The van der Waals surface area contributed by atoms with E-state index in [4.69, 9.17) is 0 Å². The smallest absolute Gasteiger partial charge is 0.141 e. The van der Waals surface area contributed by atoms with Crippen molar-refractivity contribution in [3.63, 3.8) is 0 Å². The molecule has 1 aromatic rings. The van der Waals surface area contributed by atoms with Gasteiger partial charge in [0.1, 0.15) is 11.4 Å². The summed E-state index contributed by atoms with van der Waals surface area (Å²) in [6.45, 7) is 7.42. The van der Waals surface area contributed by atoms with E-state index in [0.717, 1.165) is 38.1 Å². The van der Waals surface area contributed by atoms with E-state index in [2.05, 4.69) is 30.3 Å². The van der Waals surface area contributed by atoms with Crippen LogP contribution in [-0.4, -0.2) is 14.7 Å². The molecule has 0 bridgehead atoms. The van der Waals surface area contributed by atoms with E-state index in [9.17, 15) is 5.11 Å². The van der Waals surface area contributed by atoms with Gasteiger partial charge in [0.25, 0.3) is 0 Å². The molecule has 96 valence electrons. The maximum Gasteiger partial charge on any atom is 0.141 e. The Morgan fingerprint density at radius 1 is 1.35 bits per heavy atom. The van der Waals surface area contributed by atoms with Crippen molar-refractivity contribution in [2.24, 2.45) is 5.41 Å². The van der Waals surface area contributed by atoms with Crippen LogP contribution in [0, 0.1) is 5.41 Å². The van der Waals surface area contributed by atoms with E-state index in [1.54, 1.807) is 0 Å². The number of aromatic nitrogens is 2. The molecule has 0 aromatic carbocycles. The van der Waals surface area contributed by atoms with Crippen LogP contribution in [0.1, 0.15) is 58.7 Å². The zero-order chi connectivity index (χ0) is 12.5. The van der Waals surface area contributed by atoms with Gasteiger partial charge < -0.3 is 9.67 Å². The molecule has 0 spiro atoms. The molecule has 17 heavy (non-hydrogen) atoms. The lowest BCUT2D eigenvalue weighted by atomic mass is 9.65. The fourth-order valence-electron chi connectivity index (χ4n) is 3.00. The molecule has 1 unspecified atom stereocenters. The Morgan fingerprint density at radius 2 is 2.06 bits per heavy atom. The first-order valence-electron chi connectivity index (χ1n) is 6.75. The first-order valence-corrected chi connectivity index (χ1v) is 6.75. The molecule has 2 rings (SSSR count). The quantitative estimate of drug-likeness (QED) is 0.875. The van der Waals surface area contributed by atoms with E-state index in [0.29, 0.717) is 0 Å². The van der Waals surface area contributed by atoms with Crippen LogP contribution in [0.5, 0.6) is 0 Å². The molecule has 0 amide bonds. The van der Waals surface area contributed by atoms with Gasteiger partial charge >= 0.3 is 0 Å². The number of hydrogen-bond acceptors (Lipinski definition) is 2. The Labute approximate surface area is 104 Å². The number of aliphatic hydroxyl groups is 1. The maximum atomic E-state index is 11.1. The molecule has 1 saturated carbocycles. The van der Waals surface area contributed by atoms with E-state index >= 15 is 0 Å². The summed E-state index contributed by atoms with van der Waals surface area (Å²) < 4.78 is 2.12. The van der Waals surface area contributed by atoms with Crippen molar-refractivity contribution in [1.29, 1.82) is 0 Å². The fourth-order valence-corrected chi connectivity index (χ4v) is 3.00. The lowest BCUT2D eigenvalue weighted by molar-refractivity contribution is -0.112. The van der Waals surface area contributed by atoms with Crippen molar-refractivity contribution in [3.05, 3.63) is 18.2 Å². The number of nitrogens with zero attached hydrogens (tertiary/aromatic N) is 2. The number of imidazole rings is 1. The average Bonchev–Trinajstić information content (AvgIpc) is 2.72. The van der Waals surface area contributed by atoms with Crippen LogP contribution in [0.4, 0.5) is 0 Å². The average molecular weight is 236 g/mol. The zero-order valence-electron chi connectivity index (χ0n) is 11.2. The highest BCUT2D eigenvalue weighted by molar-refractivity contribution is 5.12. The minimum atomic E-state index is -0.760. The van der Waals surface area contributed by atoms with Crippen LogP contribution >= 0.6 is 0 Å². The molecule has 0 radical (unpaired) electrons. The van der Waals surface area contributed by atoms with Gasteiger partial charge in [-0.3, -0.25) is 0 Å². The molecule has 3 nitrogen and oxygen atoms in total. The predicted octanol–water partition coefficient (Wildman–Crippen LogP) is 3.08. The van der Waals surface area contributed by atoms with E-state index in [1.165, 1.54) is 6.42 Å². The second-order valence-electron chi connectivity index (χ2n) is 5.90. The Balaban J connectivity index is 2.38. The summed E-state index contributed by atoms with van der Waals surface area (Å²) in [7, 11) is 0. The Hall–Kier alpha value is -0.830. The third-order valence-corrected chi connectivity index (χ3v) is 4.26. The van der Waals surface area contributed by atoms with Gasteiger partial charge in [-0.2, -0.15) is 0 Å². The van der Waals surface area contributed by atoms with E-state index in [1.807, 2.05) is 12.4 Å². The van der Waals surface area contributed by atoms with Crippen LogP contribution in [0.3, 0.4) is 0 Å². The minimum Gasteiger partial charge on any atom is -0.381 e. The highest BCUT2D eigenvalue weighted by atomic mass is 16.3. The summed E-state index contributed by atoms with van der Waals surface area (Å²) in [4.78, 5) is 4.44. The standard InChI is InChI=1S/C14H24N2O/c1-4-10-16-11-9-15-12(16)14(17)8-6-5-7-13(14,2)3/h9,11,17H,4-8,10H2,1-3H3. The van der Waals surface area contributed by atoms with Crippen LogP contribution in [-0.2, 0) is 12.1 Å². The summed E-state index contributed by atoms with van der Waals surface area (Å²) in [5, 5.41) is 11.1. The summed E-state index contributed by atoms with van der Waals surface area (Å²) in [5.41, 5.74) is -0.841. The van der Waals surface area contributed by atoms with Gasteiger partial charge in [0.05, 0.1) is 0 Å². The number of hydrogen-bond donors (Lipinski definition) is 1. The minimum absolute atomic E-state index is 0.0813. The largest absolute Gasteiger partial charge is 0.381 e. The normalized spacial score (nSPS) is 28.2. The van der Waals surface area contributed by atoms with Gasteiger partial charge in [0, 0.05) is 24.4 Å². The summed E-state index contributed by atoms with van der Waals surface area (Å²) in [6.07, 6.45) is 9.08. The van der Waals surface area contributed by atoms with Gasteiger partial charge in [0.15, 0.2) is 0 Å². The second kappa shape index (κ2) is 4.45. The third kappa shape index (κ3) is 2.01. The lowest BCUT2D eigenvalue weighted by Crippen LogP contribution is -2.46. The number of rotatable bonds is 3. The Kier molecular flexibility index (Phi) is 3.30. The third-order valence-electron chi connectivity index (χ3n) is 4.26. The fraction of sp³-hybridized carbons (Fsp3) is 0.786. The monoisotopic (exact) mass is 236 g/mol. The van der Waals surface area contributed by atoms with E-state index in [-0.39, 0.29) is 5.41 Å². The SMILES string of the molecule is CCCn1ccnc1C1(O)CCCCC1(C)C. The van der Waals surface area contributed by atoms with Crippen molar-refractivity contribution >= 4 is 0 Å². The second-order valence-corrected chi connectivity index (χ2v) is 5.90. The summed E-state index contributed by atoms with van der Waals surface area (Å²) in [6, 6.07) is 0. The van der Waals surface area contributed by atoms with Crippen molar-refractivity contribution in [2.75, 3.05) is 0 Å². The van der Waals surface area contributed by atoms with E-state index < -0.39 is 5.60 Å². The van der Waals surface area contributed by atoms with Crippen molar-refractivity contribution in [3.8, 4) is 0 Å². The summed E-state index contributed by atoms with van der Waals surface area (Å²) in [5.74, 6) is 0.865. The van der Waals surface area contributed by atoms with Crippen LogP contribution in [0.25, 0.3) is 0 Å². The molecule has 1 heterocycles. The highest BCUT2D eigenvalue weighted by Gasteiger charge is 2.48. The van der Waals surface area contributed by atoms with Crippen molar-refractivity contribution in [2.45, 2.75) is 65.0 Å². The molecule has 1 N–H and O–H groups in total. The van der Waals surface area contributed by atoms with Gasteiger partial charge in [-0.05, 0) is 19.3 Å². The lowest BCUT2D eigenvalue weighted by Gasteiger charge is -2.46. The molecule has 3 heteroatoms. The van der Waals surface area contributed by atoms with Crippen LogP contribution in [0.2, 0.25) is 0 Å². The molecule has 1 fully saturated rings. The van der Waals surface area contributed by atoms with Crippen molar-refractivity contribution < 1.29 is 5.11 Å². The predicted molar refractivity (Wildman–Crippen MR) is 68.7 cm³/mol. The van der Waals surface area contributed by atoms with Gasteiger partial charge in [-0.15, -0.1) is 0 Å². The van der Waals surface area contributed by atoms with Crippen LogP contribution < -0.4 is 0 Å². The highest BCUT2D eigenvalue weighted by Crippen LogP contribution is 2.49. The Morgan fingerprint density at radius 3 is 2.71 bits per heavy atom. The molecule has 0 saturated heterocycles. The molecule has 1 aliphatic carbocycles.